The van der Waals surface area contributed by atoms with Gasteiger partial charge < -0.3 is 14.2 Å². The summed E-state index contributed by atoms with van der Waals surface area (Å²) in [7, 11) is -2.46. The molecule has 1 aliphatic heterocycles. The third-order valence-corrected chi connectivity index (χ3v) is 7.06. The molecular formula is C27H28O7S. The van der Waals surface area contributed by atoms with Crippen molar-refractivity contribution in [2.24, 2.45) is 0 Å². The Morgan fingerprint density at radius 2 is 1.74 bits per heavy atom. The maximum absolute atomic E-state index is 12.8. The fourth-order valence-corrected chi connectivity index (χ4v) is 4.85. The van der Waals surface area contributed by atoms with Crippen LogP contribution in [0.5, 0.6) is 17.2 Å². The highest BCUT2D eigenvalue weighted by atomic mass is 32.2. The maximum Gasteiger partial charge on any atom is 0.296 e. The molecule has 4 rings (SSSR count). The summed E-state index contributed by atoms with van der Waals surface area (Å²) in [4.78, 5) is 12.9. The van der Waals surface area contributed by atoms with Gasteiger partial charge in [-0.05, 0) is 31.5 Å². The lowest BCUT2D eigenvalue weighted by atomic mass is 9.95. The summed E-state index contributed by atoms with van der Waals surface area (Å²) in [5.41, 5.74) is 2.81. The van der Waals surface area contributed by atoms with Crippen molar-refractivity contribution in [2.75, 3.05) is 13.7 Å². The van der Waals surface area contributed by atoms with Gasteiger partial charge in [-0.15, -0.1) is 0 Å². The predicted octanol–water partition coefficient (Wildman–Crippen LogP) is 4.88. The summed E-state index contributed by atoms with van der Waals surface area (Å²) in [5.74, 6) is 1.06. The zero-order valence-electron chi connectivity index (χ0n) is 19.9. The minimum Gasteiger partial charge on any atom is -0.496 e. The lowest BCUT2D eigenvalue weighted by molar-refractivity contribution is 0.0862. The molecule has 0 saturated heterocycles. The maximum atomic E-state index is 12.8. The molecule has 0 aliphatic carbocycles. The van der Waals surface area contributed by atoms with Gasteiger partial charge in [-0.1, -0.05) is 48.0 Å². The number of aryl methyl sites for hydroxylation is 1. The zero-order valence-corrected chi connectivity index (χ0v) is 20.8. The van der Waals surface area contributed by atoms with E-state index in [1.807, 2.05) is 44.2 Å². The molecular weight excluding hydrogens is 468 g/mol. The minimum atomic E-state index is -3.94. The molecule has 1 atom stereocenters. The quantitative estimate of drug-likeness (QED) is 0.390. The number of carbonyl (C=O) groups excluding carboxylic acids is 1. The SMILES string of the molecule is COc1cc(OCc2ccccc2)c(CCOS(=O)(=O)c2ccc(C)cc2)c2c1C(=O)CC(C)O2. The first-order chi connectivity index (χ1) is 16.8. The summed E-state index contributed by atoms with van der Waals surface area (Å²) in [6, 6.07) is 17.7. The van der Waals surface area contributed by atoms with Crippen molar-refractivity contribution < 1.29 is 31.6 Å². The Morgan fingerprint density at radius 1 is 1.03 bits per heavy atom. The number of carbonyl (C=O) groups is 1. The molecule has 0 amide bonds. The second-order valence-electron chi connectivity index (χ2n) is 8.43. The Labute approximate surface area is 205 Å². The van der Waals surface area contributed by atoms with E-state index in [1.54, 1.807) is 18.2 Å². The highest BCUT2D eigenvalue weighted by molar-refractivity contribution is 7.86. The van der Waals surface area contributed by atoms with E-state index in [0.29, 0.717) is 28.4 Å². The third-order valence-electron chi connectivity index (χ3n) is 5.74. The van der Waals surface area contributed by atoms with Gasteiger partial charge in [-0.2, -0.15) is 8.42 Å². The molecule has 0 N–H and O–H groups in total. The van der Waals surface area contributed by atoms with Crippen LogP contribution in [0.15, 0.2) is 65.6 Å². The zero-order chi connectivity index (χ0) is 25.0. The van der Waals surface area contributed by atoms with Crippen molar-refractivity contribution in [2.45, 2.75) is 44.3 Å². The predicted molar refractivity (Wildman–Crippen MR) is 131 cm³/mol. The van der Waals surface area contributed by atoms with Crippen LogP contribution in [0.3, 0.4) is 0 Å². The summed E-state index contributed by atoms with van der Waals surface area (Å²) in [6.07, 6.45) is 0.0485. The average molecular weight is 497 g/mol. The molecule has 0 spiro atoms. The van der Waals surface area contributed by atoms with Crippen LogP contribution in [0.4, 0.5) is 0 Å². The van der Waals surface area contributed by atoms with Crippen LogP contribution in [0, 0.1) is 6.92 Å². The summed E-state index contributed by atoms with van der Waals surface area (Å²) in [6.45, 7) is 3.82. The van der Waals surface area contributed by atoms with E-state index in [9.17, 15) is 13.2 Å². The van der Waals surface area contributed by atoms with Crippen LogP contribution in [0.1, 0.15) is 40.4 Å². The van der Waals surface area contributed by atoms with Crippen molar-refractivity contribution >= 4 is 15.9 Å². The molecule has 0 saturated carbocycles. The topological polar surface area (TPSA) is 88.1 Å². The fourth-order valence-electron chi connectivity index (χ4n) is 3.94. The number of rotatable bonds is 9. The van der Waals surface area contributed by atoms with E-state index in [1.165, 1.54) is 19.2 Å². The van der Waals surface area contributed by atoms with Gasteiger partial charge in [0, 0.05) is 24.5 Å². The second-order valence-corrected chi connectivity index (χ2v) is 10.0. The molecule has 0 fully saturated rings. The lowest BCUT2D eigenvalue weighted by Gasteiger charge is -2.27. The Bertz CT molecular complexity index is 1300. The van der Waals surface area contributed by atoms with Gasteiger partial charge in [0.15, 0.2) is 5.78 Å². The molecule has 35 heavy (non-hydrogen) atoms. The molecule has 0 bridgehead atoms. The van der Waals surface area contributed by atoms with E-state index in [0.717, 1.165) is 11.1 Å². The number of ether oxygens (including phenoxy) is 3. The summed E-state index contributed by atoms with van der Waals surface area (Å²) >= 11 is 0. The van der Waals surface area contributed by atoms with Gasteiger partial charge in [-0.25, -0.2) is 0 Å². The number of hydrogen-bond acceptors (Lipinski definition) is 7. The molecule has 0 radical (unpaired) electrons. The average Bonchev–Trinajstić information content (AvgIpc) is 2.83. The van der Waals surface area contributed by atoms with Crippen LogP contribution in [0.25, 0.3) is 0 Å². The molecule has 0 aromatic heterocycles. The Hall–Kier alpha value is -3.36. The molecule has 3 aromatic carbocycles. The van der Waals surface area contributed by atoms with E-state index in [-0.39, 0.29) is 42.8 Å². The Morgan fingerprint density at radius 3 is 2.43 bits per heavy atom. The highest BCUT2D eigenvalue weighted by Gasteiger charge is 2.32. The Balaban J connectivity index is 1.64. The molecule has 1 aliphatic rings. The fraction of sp³-hybridized carbons (Fsp3) is 0.296. The molecule has 8 heteroatoms. The number of ketones is 1. The number of hydrogen-bond donors (Lipinski definition) is 0. The summed E-state index contributed by atoms with van der Waals surface area (Å²) in [5, 5.41) is 0. The molecule has 184 valence electrons. The highest BCUT2D eigenvalue weighted by Crippen LogP contribution is 2.43. The first-order valence-corrected chi connectivity index (χ1v) is 12.8. The van der Waals surface area contributed by atoms with Crippen LogP contribution in [0.2, 0.25) is 0 Å². The van der Waals surface area contributed by atoms with E-state index in [4.69, 9.17) is 18.4 Å². The van der Waals surface area contributed by atoms with Crippen molar-refractivity contribution in [1.29, 1.82) is 0 Å². The molecule has 1 heterocycles. The van der Waals surface area contributed by atoms with Crippen LogP contribution in [-0.4, -0.2) is 34.0 Å². The van der Waals surface area contributed by atoms with Crippen LogP contribution < -0.4 is 14.2 Å². The van der Waals surface area contributed by atoms with Gasteiger partial charge in [-0.3, -0.25) is 8.98 Å². The van der Waals surface area contributed by atoms with E-state index < -0.39 is 10.1 Å². The normalized spacial score (nSPS) is 15.3. The third kappa shape index (κ3) is 5.66. The van der Waals surface area contributed by atoms with Gasteiger partial charge in [0.25, 0.3) is 10.1 Å². The molecule has 1 unspecified atom stereocenters. The van der Waals surface area contributed by atoms with Crippen molar-refractivity contribution in [1.82, 2.24) is 0 Å². The van der Waals surface area contributed by atoms with Gasteiger partial charge in [0.2, 0.25) is 0 Å². The van der Waals surface area contributed by atoms with Crippen LogP contribution >= 0.6 is 0 Å². The monoisotopic (exact) mass is 496 g/mol. The first kappa shape index (κ1) is 24.8. The van der Waals surface area contributed by atoms with E-state index >= 15 is 0 Å². The standard InChI is InChI=1S/C27H28O7S/c1-18-9-11-21(12-10-18)35(29,30)33-14-13-22-24(32-17-20-7-5-4-6-8-20)16-25(31-3)26-23(28)15-19(2)34-27(22)26/h4-12,16,19H,13-15,17H2,1-3H3. The molecule has 3 aromatic rings. The molecule has 7 nitrogen and oxygen atoms in total. The first-order valence-electron chi connectivity index (χ1n) is 11.3. The largest absolute Gasteiger partial charge is 0.496 e. The van der Waals surface area contributed by atoms with Gasteiger partial charge in [0.05, 0.1) is 18.6 Å². The number of benzene rings is 3. The number of methoxy groups -OCH3 is 1. The summed E-state index contributed by atoms with van der Waals surface area (Å²) < 4.78 is 48.3. The van der Waals surface area contributed by atoms with Crippen molar-refractivity contribution in [3.8, 4) is 17.2 Å². The van der Waals surface area contributed by atoms with Crippen molar-refractivity contribution in [3.05, 3.63) is 82.9 Å². The smallest absolute Gasteiger partial charge is 0.296 e. The van der Waals surface area contributed by atoms with Crippen LogP contribution in [-0.2, 0) is 27.3 Å². The van der Waals surface area contributed by atoms with E-state index in [2.05, 4.69) is 0 Å². The number of fused-ring (bicyclic) bond motifs is 1. The lowest BCUT2D eigenvalue weighted by Crippen LogP contribution is -2.26. The second kappa shape index (κ2) is 10.5. The minimum absolute atomic E-state index is 0.0838. The van der Waals surface area contributed by atoms with Gasteiger partial charge in [0.1, 0.15) is 35.5 Å². The van der Waals surface area contributed by atoms with Crippen molar-refractivity contribution in [3.63, 3.8) is 0 Å². The Kier molecular flexibility index (Phi) is 7.42. The number of Topliss-reactive ketones (excluding diaryl/α,β-unsaturated/α-hetero) is 1. The van der Waals surface area contributed by atoms with Gasteiger partial charge >= 0.3 is 0 Å².